The Labute approximate surface area is 193 Å². The number of hydrogen-bond donors (Lipinski definition) is 1. The van der Waals surface area contributed by atoms with E-state index >= 15 is 0 Å². The van der Waals surface area contributed by atoms with Gasteiger partial charge in [0.2, 0.25) is 10.0 Å². The second kappa shape index (κ2) is 9.03. The number of morpholine rings is 1. The van der Waals surface area contributed by atoms with Crippen LogP contribution in [0.15, 0.2) is 51.2 Å². The minimum absolute atomic E-state index is 0.142. The van der Waals surface area contributed by atoms with Gasteiger partial charge in [-0.05, 0) is 54.4 Å². The van der Waals surface area contributed by atoms with Crippen molar-refractivity contribution in [2.75, 3.05) is 26.3 Å². The molecule has 2 aromatic heterocycles. The van der Waals surface area contributed by atoms with E-state index in [2.05, 4.69) is 0 Å². The van der Waals surface area contributed by atoms with Crippen LogP contribution in [-0.2, 0) is 26.0 Å². The summed E-state index contributed by atoms with van der Waals surface area (Å²) >= 11 is 7.48. The van der Waals surface area contributed by atoms with Gasteiger partial charge >= 0.3 is 5.97 Å². The smallest absolute Gasteiger partial charge is 0.307 e. The Morgan fingerprint density at radius 2 is 1.84 bits per heavy atom. The molecule has 1 aliphatic rings. The predicted molar refractivity (Wildman–Crippen MR) is 119 cm³/mol. The lowest BCUT2D eigenvalue weighted by Gasteiger charge is -2.26. The number of carboxylic acid groups (broad SMARTS) is 1. The highest BCUT2D eigenvalue weighted by atomic mass is 35.5. The first-order valence-electron chi connectivity index (χ1n) is 9.75. The molecule has 1 aromatic carbocycles. The van der Waals surface area contributed by atoms with Crippen molar-refractivity contribution in [3.05, 3.63) is 58.5 Å². The molecule has 1 N–H and O–H groups in total. The van der Waals surface area contributed by atoms with Gasteiger partial charge in [0.1, 0.15) is 0 Å². The summed E-state index contributed by atoms with van der Waals surface area (Å²) in [6.07, 6.45) is -0.228. The largest absolute Gasteiger partial charge is 0.481 e. The molecule has 0 bridgehead atoms. The standard InChI is InChI=1S/C21H20ClFN2O5S2/c1-13-16(12-19(26)27)18-7-6-17(23)20(22)25(18)21(13)31-14-2-4-15(5-3-14)32(28,29)24-8-10-30-11-9-24/h2-7H,8-12H2,1H3,(H,26,27). The number of aliphatic carboxylic acids is 1. The lowest BCUT2D eigenvalue weighted by molar-refractivity contribution is -0.136. The fourth-order valence-electron chi connectivity index (χ4n) is 3.65. The average Bonchev–Trinajstić information content (AvgIpc) is 3.03. The van der Waals surface area contributed by atoms with Crippen molar-refractivity contribution in [2.45, 2.75) is 28.2 Å². The van der Waals surface area contributed by atoms with Crippen LogP contribution in [-0.4, -0.2) is 54.5 Å². The van der Waals surface area contributed by atoms with Crippen LogP contribution in [0.5, 0.6) is 0 Å². The number of halogens is 2. The summed E-state index contributed by atoms with van der Waals surface area (Å²) in [6.45, 7) is 3.11. The maximum atomic E-state index is 14.2. The number of pyridine rings is 1. The fourth-order valence-corrected chi connectivity index (χ4v) is 6.40. The van der Waals surface area contributed by atoms with Gasteiger partial charge in [-0.1, -0.05) is 23.4 Å². The number of ether oxygens (including phenoxy) is 1. The molecule has 0 spiro atoms. The van der Waals surface area contributed by atoms with E-state index in [1.165, 1.54) is 44.7 Å². The Kier molecular flexibility index (Phi) is 6.51. The molecule has 1 aliphatic heterocycles. The highest BCUT2D eigenvalue weighted by Crippen LogP contribution is 2.38. The monoisotopic (exact) mass is 498 g/mol. The maximum absolute atomic E-state index is 14.2. The van der Waals surface area contributed by atoms with Crippen molar-refractivity contribution in [2.24, 2.45) is 0 Å². The van der Waals surface area contributed by atoms with Gasteiger partial charge in [0.25, 0.3) is 0 Å². The number of sulfonamides is 1. The van der Waals surface area contributed by atoms with Crippen molar-refractivity contribution in [3.63, 3.8) is 0 Å². The number of carbonyl (C=O) groups is 1. The van der Waals surface area contributed by atoms with Crippen molar-refractivity contribution in [3.8, 4) is 0 Å². The third-order valence-electron chi connectivity index (χ3n) is 5.28. The SMILES string of the molecule is Cc1c(CC(=O)O)c2ccc(F)c(Cl)n2c1Sc1ccc(S(=O)(=O)N2CCOCC2)cc1. The number of nitrogens with zero attached hydrogens (tertiary/aromatic N) is 2. The summed E-state index contributed by atoms with van der Waals surface area (Å²) in [5, 5.41) is 9.73. The lowest BCUT2D eigenvalue weighted by Crippen LogP contribution is -2.40. The zero-order chi connectivity index (χ0) is 23.0. The highest BCUT2D eigenvalue weighted by molar-refractivity contribution is 7.99. The Morgan fingerprint density at radius 1 is 1.19 bits per heavy atom. The van der Waals surface area contributed by atoms with E-state index in [0.717, 1.165) is 0 Å². The van der Waals surface area contributed by atoms with Crippen molar-refractivity contribution >= 4 is 44.9 Å². The Bertz CT molecular complexity index is 1290. The highest BCUT2D eigenvalue weighted by Gasteiger charge is 2.26. The molecule has 0 saturated carbocycles. The average molecular weight is 499 g/mol. The summed E-state index contributed by atoms with van der Waals surface area (Å²) in [6, 6.07) is 9.11. The third-order valence-corrected chi connectivity index (χ3v) is 8.73. The minimum Gasteiger partial charge on any atom is -0.481 e. The van der Waals surface area contributed by atoms with E-state index in [4.69, 9.17) is 16.3 Å². The fraction of sp³-hybridized carbons (Fsp3) is 0.286. The van der Waals surface area contributed by atoms with Crippen LogP contribution in [0, 0.1) is 12.7 Å². The van der Waals surface area contributed by atoms with Gasteiger partial charge < -0.3 is 9.84 Å². The van der Waals surface area contributed by atoms with Gasteiger partial charge in [0.05, 0.1) is 35.1 Å². The molecule has 0 aliphatic carbocycles. The number of benzene rings is 1. The van der Waals surface area contributed by atoms with Crippen LogP contribution in [0.4, 0.5) is 4.39 Å². The Hall–Kier alpha value is -2.11. The Morgan fingerprint density at radius 3 is 2.47 bits per heavy atom. The zero-order valence-corrected chi connectivity index (χ0v) is 19.4. The van der Waals surface area contributed by atoms with Crippen LogP contribution in [0.2, 0.25) is 5.15 Å². The molecule has 7 nitrogen and oxygen atoms in total. The van der Waals surface area contributed by atoms with Crippen molar-refractivity contribution < 1.29 is 27.4 Å². The lowest BCUT2D eigenvalue weighted by atomic mass is 10.1. The second-order valence-electron chi connectivity index (χ2n) is 7.26. The molecular weight excluding hydrogens is 479 g/mol. The molecule has 3 heterocycles. The van der Waals surface area contributed by atoms with Crippen molar-refractivity contribution in [1.82, 2.24) is 8.71 Å². The molecule has 170 valence electrons. The Balaban J connectivity index is 1.70. The van der Waals surface area contributed by atoms with Gasteiger partial charge in [0, 0.05) is 18.0 Å². The predicted octanol–water partition coefficient (Wildman–Crippen LogP) is 3.84. The molecule has 1 saturated heterocycles. The van der Waals surface area contributed by atoms with Gasteiger partial charge in [-0.25, -0.2) is 12.8 Å². The van der Waals surface area contributed by atoms with Gasteiger partial charge in [0.15, 0.2) is 11.0 Å². The third kappa shape index (κ3) is 4.25. The summed E-state index contributed by atoms with van der Waals surface area (Å²) in [5.74, 6) is -1.62. The first kappa shape index (κ1) is 23.1. The first-order chi connectivity index (χ1) is 15.2. The van der Waals surface area contributed by atoms with Crippen LogP contribution in [0.1, 0.15) is 11.1 Å². The summed E-state index contributed by atoms with van der Waals surface area (Å²) < 4.78 is 47.9. The van der Waals surface area contributed by atoms with E-state index in [1.54, 1.807) is 19.1 Å². The number of aromatic nitrogens is 1. The van der Waals surface area contributed by atoms with E-state index in [0.29, 0.717) is 52.9 Å². The van der Waals surface area contributed by atoms with Crippen LogP contribution < -0.4 is 0 Å². The molecule has 3 aromatic rings. The summed E-state index contributed by atoms with van der Waals surface area (Å²) in [4.78, 5) is 12.2. The van der Waals surface area contributed by atoms with Gasteiger partial charge in [-0.15, -0.1) is 0 Å². The topological polar surface area (TPSA) is 88.3 Å². The van der Waals surface area contributed by atoms with E-state index in [9.17, 15) is 22.7 Å². The molecular formula is C21H20ClFN2O5S2. The normalized spacial score (nSPS) is 15.3. The summed E-state index contributed by atoms with van der Waals surface area (Å²) in [7, 11) is -3.61. The minimum atomic E-state index is -3.61. The molecule has 11 heteroatoms. The first-order valence-corrected chi connectivity index (χ1v) is 12.4. The number of rotatable bonds is 6. The van der Waals surface area contributed by atoms with E-state index in [-0.39, 0.29) is 16.5 Å². The number of hydrogen-bond acceptors (Lipinski definition) is 5. The van der Waals surface area contributed by atoms with E-state index < -0.39 is 21.8 Å². The van der Waals surface area contributed by atoms with Crippen LogP contribution in [0.25, 0.3) is 5.52 Å². The van der Waals surface area contributed by atoms with E-state index in [1.807, 2.05) is 0 Å². The summed E-state index contributed by atoms with van der Waals surface area (Å²) in [5.41, 5.74) is 1.74. The second-order valence-corrected chi connectivity index (χ2v) is 10.6. The van der Waals surface area contributed by atoms with Crippen LogP contribution >= 0.6 is 23.4 Å². The molecule has 1 fully saturated rings. The van der Waals surface area contributed by atoms with Gasteiger partial charge in [-0.2, -0.15) is 4.31 Å². The molecule has 32 heavy (non-hydrogen) atoms. The number of carboxylic acids is 1. The van der Waals surface area contributed by atoms with Crippen LogP contribution in [0.3, 0.4) is 0 Å². The molecule has 4 rings (SSSR count). The molecule has 0 amide bonds. The zero-order valence-electron chi connectivity index (χ0n) is 17.0. The molecule has 0 atom stereocenters. The maximum Gasteiger partial charge on any atom is 0.307 e. The molecule has 0 unspecified atom stereocenters. The molecule has 0 radical (unpaired) electrons. The quantitative estimate of drug-likeness (QED) is 0.519. The van der Waals surface area contributed by atoms with Gasteiger partial charge in [-0.3, -0.25) is 9.20 Å². The van der Waals surface area contributed by atoms with Crippen molar-refractivity contribution in [1.29, 1.82) is 0 Å². The number of fused-ring (bicyclic) bond motifs is 1.